The van der Waals surface area contributed by atoms with Crippen molar-refractivity contribution in [1.29, 1.82) is 5.26 Å². The van der Waals surface area contributed by atoms with E-state index in [-0.39, 0.29) is 23.1 Å². The van der Waals surface area contributed by atoms with Crippen LogP contribution in [0.25, 0.3) is 0 Å². The molecule has 0 saturated heterocycles. The Balaban J connectivity index is 2.46. The Labute approximate surface area is 131 Å². The lowest BCUT2D eigenvalue weighted by Gasteiger charge is -2.11. The summed E-state index contributed by atoms with van der Waals surface area (Å²) in [4.78, 5) is 12.2. The van der Waals surface area contributed by atoms with E-state index >= 15 is 0 Å². The minimum Gasteiger partial charge on any atom is -0.479 e. The summed E-state index contributed by atoms with van der Waals surface area (Å²) >= 11 is 0.947. The Morgan fingerprint density at radius 3 is 2.86 bits per heavy atom. The van der Waals surface area contributed by atoms with E-state index in [1.165, 1.54) is 14.2 Å². The van der Waals surface area contributed by atoms with Gasteiger partial charge < -0.3 is 14.3 Å². The van der Waals surface area contributed by atoms with Gasteiger partial charge in [0.1, 0.15) is 20.5 Å². The van der Waals surface area contributed by atoms with Crippen molar-refractivity contribution < 1.29 is 15.7 Å². The molecule has 1 aromatic heterocycles. The first-order valence-corrected chi connectivity index (χ1v) is 6.66. The monoisotopic (exact) mass is 318 g/mol. The molecule has 0 saturated carbocycles. The zero-order valence-corrected chi connectivity index (χ0v) is 12.5. The van der Waals surface area contributed by atoms with Gasteiger partial charge in [0.05, 0.1) is 12.7 Å². The van der Waals surface area contributed by atoms with Gasteiger partial charge in [-0.3, -0.25) is 0 Å². The molecule has 0 atom stereocenters. The van der Waals surface area contributed by atoms with Crippen molar-refractivity contribution in [3.8, 4) is 17.1 Å². The fourth-order valence-electron chi connectivity index (χ4n) is 1.56. The summed E-state index contributed by atoms with van der Waals surface area (Å²) in [5, 5.41) is 12.8. The van der Waals surface area contributed by atoms with Gasteiger partial charge in [-0.1, -0.05) is 17.3 Å². The molecule has 22 heavy (non-hydrogen) atoms. The van der Waals surface area contributed by atoms with Crippen LogP contribution in [0.15, 0.2) is 40.7 Å². The number of hydrogen-bond donors (Lipinski definition) is 0. The molecule has 0 aliphatic heterocycles. The van der Waals surface area contributed by atoms with Crippen LogP contribution >= 0.6 is 11.5 Å². The Hall–Kier alpha value is -2.99. The van der Waals surface area contributed by atoms with Crippen molar-refractivity contribution in [1.82, 2.24) is 9.36 Å². The lowest BCUT2D eigenvalue weighted by molar-refractivity contribution is 0.213. The Kier molecular flexibility index (Phi) is 4.89. The van der Waals surface area contributed by atoms with Crippen LogP contribution in [-0.2, 0) is 9.57 Å². The molecule has 1 heterocycles. The average molecular weight is 318 g/mol. The van der Waals surface area contributed by atoms with E-state index < -0.39 is 0 Å². The Morgan fingerprint density at radius 1 is 1.41 bits per heavy atom. The summed E-state index contributed by atoms with van der Waals surface area (Å²) < 4.78 is 21.8. The maximum absolute atomic E-state index is 8.76. The third-order valence-electron chi connectivity index (χ3n) is 2.38. The van der Waals surface area contributed by atoms with Gasteiger partial charge in [-0.2, -0.15) is 14.6 Å². The van der Waals surface area contributed by atoms with Crippen molar-refractivity contribution in [3.05, 3.63) is 36.1 Å². The SMILES string of the molecule is [2H]c1nsc(Oc2ccccc2C(=NOC)C(=NC#N)OC)n1. The van der Waals surface area contributed by atoms with E-state index in [0.717, 1.165) is 11.5 Å². The van der Waals surface area contributed by atoms with E-state index in [1.54, 1.807) is 30.5 Å². The van der Waals surface area contributed by atoms with Crippen molar-refractivity contribution in [3.63, 3.8) is 0 Å². The lowest BCUT2D eigenvalue weighted by Crippen LogP contribution is -2.18. The maximum Gasteiger partial charge on any atom is 0.298 e. The highest BCUT2D eigenvalue weighted by Crippen LogP contribution is 2.26. The van der Waals surface area contributed by atoms with Gasteiger partial charge in [0.25, 0.3) is 11.1 Å². The summed E-state index contributed by atoms with van der Waals surface area (Å²) in [6.45, 7) is 0. The molecule has 8 nitrogen and oxygen atoms in total. The van der Waals surface area contributed by atoms with Crippen LogP contribution in [-0.4, -0.2) is 35.2 Å². The number of nitrogens with zero attached hydrogens (tertiary/aromatic N) is 5. The minimum atomic E-state index is -0.128. The highest BCUT2D eigenvalue weighted by molar-refractivity contribution is 7.07. The number of hydrogen-bond acceptors (Lipinski definition) is 9. The van der Waals surface area contributed by atoms with Crippen LogP contribution in [0, 0.1) is 11.5 Å². The molecule has 0 bridgehead atoms. The second-order valence-electron chi connectivity index (χ2n) is 3.60. The number of oxime groups is 1. The lowest BCUT2D eigenvalue weighted by atomic mass is 10.1. The van der Waals surface area contributed by atoms with Gasteiger partial charge in [-0.15, -0.1) is 4.99 Å². The predicted octanol–water partition coefficient (Wildman–Crippen LogP) is 2.21. The first kappa shape index (κ1) is 14.0. The van der Waals surface area contributed by atoms with Crippen molar-refractivity contribution in [2.24, 2.45) is 10.1 Å². The van der Waals surface area contributed by atoms with Crippen molar-refractivity contribution in [2.75, 3.05) is 14.2 Å². The Morgan fingerprint density at radius 2 is 2.23 bits per heavy atom. The van der Waals surface area contributed by atoms with E-state index in [4.69, 9.17) is 20.9 Å². The predicted molar refractivity (Wildman–Crippen MR) is 80.0 cm³/mol. The van der Waals surface area contributed by atoms with Crippen LogP contribution in [0.1, 0.15) is 6.93 Å². The fraction of sp³-hybridized carbons (Fsp3) is 0.154. The molecule has 0 spiro atoms. The smallest absolute Gasteiger partial charge is 0.298 e. The van der Waals surface area contributed by atoms with Crippen LogP contribution in [0.3, 0.4) is 0 Å². The first-order valence-electron chi connectivity index (χ1n) is 6.39. The highest BCUT2D eigenvalue weighted by atomic mass is 32.1. The van der Waals surface area contributed by atoms with E-state index in [0.29, 0.717) is 11.3 Å². The average Bonchev–Trinajstić information content (AvgIpc) is 2.96. The minimum absolute atomic E-state index is 0.0242. The number of ether oxygens (including phenoxy) is 2. The van der Waals surface area contributed by atoms with E-state index in [9.17, 15) is 0 Å². The highest BCUT2D eigenvalue weighted by Gasteiger charge is 2.19. The molecule has 0 unspecified atom stereocenters. The molecule has 2 aromatic rings. The summed E-state index contributed by atoms with van der Waals surface area (Å²) in [7, 11) is 2.72. The van der Waals surface area contributed by atoms with Gasteiger partial charge in [0.15, 0.2) is 5.71 Å². The molecular formula is C13H11N5O3S. The summed E-state index contributed by atoms with van der Waals surface area (Å²) in [6.07, 6.45) is 1.51. The number of aliphatic imine (C=N–C) groups is 1. The van der Waals surface area contributed by atoms with E-state index in [1.807, 2.05) is 0 Å². The van der Waals surface area contributed by atoms with Crippen molar-refractivity contribution >= 4 is 23.1 Å². The topological polar surface area (TPSA) is 102 Å². The van der Waals surface area contributed by atoms with Gasteiger partial charge in [-0.05, 0) is 12.1 Å². The van der Waals surface area contributed by atoms with Crippen molar-refractivity contribution in [2.45, 2.75) is 0 Å². The standard InChI is InChI=1S/C13H11N5O3S/c1-19-12(15-7-14)11(18-20-2)9-5-3-4-6-10(9)21-13-16-8-17-22-13/h3-6,8H,1-2H3/i8D. The van der Waals surface area contributed by atoms with Gasteiger partial charge in [-0.25, -0.2) is 0 Å². The second-order valence-corrected chi connectivity index (χ2v) is 4.32. The van der Waals surface area contributed by atoms with Gasteiger partial charge >= 0.3 is 0 Å². The molecular weight excluding hydrogens is 306 g/mol. The fourth-order valence-corrected chi connectivity index (χ4v) is 1.93. The molecule has 1 aromatic carbocycles. The van der Waals surface area contributed by atoms with Crippen LogP contribution in [0.4, 0.5) is 0 Å². The number of para-hydroxylation sites is 1. The largest absolute Gasteiger partial charge is 0.479 e. The molecule has 9 heteroatoms. The zero-order valence-electron chi connectivity index (χ0n) is 12.7. The molecule has 0 amide bonds. The second kappa shape index (κ2) is 7.70. The molecule has 0 aliphatic carbocycles. The third-order valence-corrected chi connectivity index (χ3v) is 2.88. The number of rotatable bonds is 5. The normalized spacial score (nSPS) is 12.3. The third kappa shape index (κ3) is 3.56. The molecule has 112 valence electrons. The summed E-state index contributed by atoms with van der Waals surface area (Å²) in [5.74, 6) is 0.353. The summed E-state index contributed by atoms with van der Waals surface area (Å²) in [6, 6.07) is 6.87. The molecule has 0 aliphatic rings. The Bertz CT molecular complexity index is 784. The summed E-state index contributed by atoms with van der Waals surface area (Å²) in [5.41, 5.74) is 0.662. The molecule has 0 radical (unpaired) electrons. The number of aromatic nitrogens is 2. The van der Waals surface area contributed by atoms with Crippen LogP contribution in [0.5, 0.6) is 10.9 Å². The molecule has 0 N–H and O–H groups in total. The van der Waals surface area contributed by atoms with Crippen LogP contribution < -0.4 is 4.74 Å². The number of methoxy groups -OCH3 is 1. The quantitative estimate of drug-likeness (QED) is 0.362. The van der Waals surface area contributed by atoms with E-state index in [2.05, 4.69) is 19.5 Å². The first-order chi connectivity index (χ1) is 11.2. The zero-order chi connectivity index (χ0) is 16.7. The molecule has 2 rings (SSSR count). The maximum atomic E-state index is 8.76. The number of nitriles is 1. The number of benzene rings is 1. The van der Waals surface area contributed by atoms with Gasteiger partial charge in [0.2, 0.25) is 6.19 Å². The molecule has 0 fully saturated rings. The van der Waals surface area contributed by atoms with Gasteiger partial charge in [0, 0.05) is 11.5 Å². The van der Waals surface area contributed by atoms with Crippen LogP contribution in [0.2, 0.25) is 0 Å².